The number of amides is 1. The van der Waals surface area contributed by atoms with E-state index in [0.717, 1.165) is 48.6 Å². The first-order valence-corrected chi connectivity index (χ1v) is 13.5. The SMILES string of the molecule is C=CCN1CC[C@@]2(c3cccc(OC)c3)C[C@H](N(C)C(=O)C=Cc3cccc(OC)c3)CC[C@]2(OC(C)=O)C1. The van der Waals surface area contributed by atoms with Crippen LogP contribution in [0, 0.1) is 0 Å². The molecule has 1 saturated heterocycles. The van der Waals surface area contributed by atoms with Gasteiger partial charge >= 0.3 is 5.97 Å². The highest BCUT2D eigenvalue weighted by atomic mass is 16.6. The normalized spacial score (nSPS) is 25.0. The monoisotopic (exact) mass is 532 g/mol. The predicted octanol–water partition coefficient (Wildman–Crippen LogP) is 4.86. The standard InChI is InChI=1S/C32H40N2O5/c1-6-18-34-19-17-31(26-10-8-12-29(21-26)38-5)22-27(15-16-32(31,23-34)39-24(2)35)33(3)30(36)14-13-25-9-7-11-28(20-25)37-4/h6-14,20-21,27H,1,15-19,22-23H2,2-5H3/t27-,31+,32+/m1/s1. The number of piperidine rings is 1. The maximum atomic E-state index is 13.3. The first-order valence-electron chi connectivity index (χ1n) is 13.5. The minimum Gasteiger partial charge on any atom is -0.497 e. The molecule has 7 nitrogen and oxygen atoms in total. The molecule has 1 saturated carbocycles. The summed E-state index contributed by atoms with van der Waals surface area (Å²) in [4.78, 5) is 30.0. The third-order valence-corrected chi connectivity index (χ3v) is 8.43. The number of carbonyl (C=O) groups excluding carboxylic acids is 2. The summed E-state index contributed by atoms with van der Waals surface area (Å²) >= 11 is 0. The zero-order valence-electron chi connectivity index (χ0n) is 23.5. The lowest BCUT2D eigenvalue weighted by Gasteiger charge is -2.60. The van der Waals surface area contributed by atoms with Crippen LogP contribution in [0.4, 0.5) is 0 Å². The van der Waals surface area contributed by atoms with Gasteiger partial charge in [-0.1, -0.05) is 30.3 Å². The zero-order valence-corrected chi connectivity index (χ0v) is 23.5. The van der Waals surface area contributed by atoms with Crippen molar-refractivity contribution in [1.82, 2.24) is 9.80 Å². The van der Waals surface area contributed by atoms with E-state index in [4.69, 9.17) is 14.2 Å². The number of benzene rings is 2. The third-order valence-electron chi connectivity index (χ3n) is 8.43. The van der Waals surface area contributed by atoms with Gasteiger partial charge < -0.3 is 19.1 Å². The van der Waals surface area contributed by atoms with Gasteiger partial charge in [0.05, 0.1) is 14.2 Å². The van der Waals surface area contributed by atoms with Gasteiger partial charge in [0.25, 0.3) is 0 Å². The van der Waals surface area contributed by atoms with Crippen molar-refractivity contribution in [3.8, 4) is 11.5 Å². The number of ether oxygens (including phenoxy) is 3. The summed E-state index contributed by atoms with van der Waals surface area (Å²) in [6.07, 6.45) is 8.19. The van der Waals surface area contributed by atoms with Crippen LogP contribution in [0.2, 0.25) is 0 Å². The van der Waals surface area contributed by atoms with Crippen LogP contribution in [0.1, 0.15) is 43.7 Å². The number of methoxy groups -OCH3 is 2. The van der Waals surface area contributed by atoms with Crippen LogP contribution >= 0.6 is 0 Å². The highest BCUT2D eigenvalue weighted by molar-refractivity contribution is 5.91. The smallest absolute Gasteiger partial charge is 0.303 e. The van der Waals surface area contributed by atoms with E-state index in [1.54, 1.807) is 20.3 Å². The van der Waals surface area contributed by atoms with E-state index in [1.807, 2.05) is 60.5 Å². The van der Waals surface area contributed by atoms with Gasteiger partial charge in [-0.25, -0.2) is 0 Å². The number of rotatable bonds is 9. The molecule has 4 rings (SSSR count). The van der Waals surface area contributed by atoms with Gasteiger partial charge in [-0.2, -0.15) is 0 Å². The highest BCUT2D eigenvalue weighted by Crippen LogP contribution is 2.54. The van der Waals surface area contributed by atoms with E-state index >= 15 is 0 Å². The Hall–Kier alpha value is -3.58. The molecule has 39 heavy (non-hydrogen) atoms. The van der Waals surface area contributed by atoms with Crippen LogP contribution in [-0.4, -0.2) is 74.2 Å². The molecule has 2 aliphatic rings. The second-order valence-corrected chi connectivity index (χ2v) is 10.6. The highest BCUT2D eigenvalue weighted by Gasteiger charge is 2.61. The van der Waals surface area contributed by atoms with Gasteiger partial charge in [0.2, 0.25) is 5.91 Å². The minimum absolute atomic E-state index is 0.0201. The maximum absolute atomic E-state index is 13.3. The number of hydrogen-bond acceptors (Lipinski definition) is 6. The third kappa shape index (κ3) is 5.88. The molecule has 0 radical (unpaired) electrons. The lowest BCUT2D eigenvalue weighted by Crippen LogP contribution is -2.68. The molecule has 1 aliphatic heterocycles. The lowest BCUT2D eigenvalue weighted by atomic mass is 9.55. The Morgan fingerprint density at radius 2 is 1.82 bits per heavy atom. The fourth-order valence-electron chi connectivity index (χ4n) is 6.46. The van der Waals surface area contributed by atoms with Crippen molar-refractivity contribution < 1.29 is 23.8 Å². The Balaban J connectivity index is 1.68. The topological polar surface area (TPSA) is 68.3 Å². The van der Waals surface area contributed by atoms with Crippen molar-refractivity contribution >= 4 is 18.0 Å². The summed E-state index contributed by atoms with van der Waals surface area (Å²) in [5.74, 6) is 1.16. The molecule has 208 valence electrons. The molecule has 0 N–H and O–H groups in total. The van der Waals surface area contributed by atoms with E-state index in [1.165, 1.54) is 6.92 Å². The van der Waals surface area contributed by atoms with Crippen molar-refractivity contribution in [2.75, 3.05) is 40.9 Å². The van der Waals surface area contributed by atoms with Gasteiger partial charge in [-0.15, -0.1) is 6.58 Å². The molecule has 0 aromatic heterocycles. The molecule has 1 aliphatic carbocycles. The number of likely N-dealkylation sites (tertiary alicyclic amines) is 1. The van der Waals surface area contributed by atoms with E-state index in [9.17, 15) is 9.59 Å². The maximum Gasteiger partial charge on any atom is 0.303 e. The Bertz CT molecular complexity index is 1230. The minimum atomic E-state index is -0.719. The van der Waals surface area contributed by atoms with Gasteiger partial charge in [0.1, 0.15) is 17.1 Å². The molecule has 7 heteroatoms. The fourth-order valence-corrected chi connectivity index (χ4v) is 6.46. The van der Waals surface area contributed by atoms with E-state index in [-0.39, 0.29) is 17.9 Å². The second kappa shape index (κ2) is 12.1. The number of carbonyl (C=O) groups is 2. The van der Waals surface area contributed by atoms with Crippen molar-refractivity contribution in [3.63, 3.8) is 0 Å². The quantitative estimate of drug-likeness (QED) is 0.261. The molecule has 1 amide bonds. The summed E-state index contributed by atoms with van der Waals surface area (Å²) in [6.45, 7) is 7.60. The second-order valence-electron chi connectivity index (χ2n) is 10.6. The summed E-state index contributed by atoms with van der Waals surface area (Å²) in [5.41, 5.74) is 0.789. The number of nitrogens with zero attached hydrogens (tertiary/aromatic N) is 2. The summed E-state index contributed by atoms with van der Waals surface area (Å²) in [5, 5.41) is 0. The van der Waals surface area contributed by atoms with Crippen LogP contribution < -0.4 is 9.47 Å². The molecular formula is C32H40N2O5. The van der Waals surface area contributed by atoms with Crippen LogP contribution in [0.15, 0.2) is 67.3 Å². The number of hydrogen-bond donors (Lipinski definition) is 0. The largest absolute Gasteiger partial charge is 0.497 e. The number of likely N-dealkylation sites (N-methyl/N-ethyl adjacent to an activating group) is 1. The van der Waals surface area contributed by atoms with E-state index in [0.29, 0.717) is 19.4 Å². The van der Waals surface area contributed by atoms with E-state index < -0.39 is 11.0 Å². The summed E-state index contributed by atoms with van der Waals surface area (Å²) in [6, 6.07) is 15.7. The van der Waals surface area contributed by atoms with Crippen molar-refractivity contribution in [2.45, 2.75) is 49.7 Å². The van der Waals surface area contributed by atoms with Crippen LogP contribution in [0.3, 0.4) is 0 Å². The van der Waals surface area contributed by atoms with Crippen molar-refractivity contribution in [3.05, 3.63) is 78.4 Å². The van der Waals surface area contributed by atoms with Gasteiger partial charge in [0, 0.05) is 44.6 Å². The molecule has 1 heterocycles. The van der Waals surface area contributed by atoms with E-state index in [2.05, 4.69) is 23.6 Å². The summed E-state index contributed by atoms with van der Waals surface area (Å²) < 4.78 is 17.2. The Kier molecular flexibility index (Phi) is 8.80. The van der Waals surface area contributed by atoms with Gasteiger partial charge in [-0.05, 0) is 73.7 Å². The molecule has 0 spiro atoms. The molecule has 0 unspecified atom stereocenters. The number of esters is 1. The molecule has 0 bridgehead atoms. The Labute approximate surface area is 232 Å². The summed E-state index contributed by atoms with van der Waals surface area (Å²) in [7, 11) is 5.15. The Morgan fingerprint density at radius 1 is 1.10 bits per heavy atom. The Morgan fingerprint density at radius 3 is 2.51 bits per heavy atom. The molecule has 3 atom stereocenters. The average molecular weight is 533 g/mol. The zero-order chi connectivity index (χ0) is 28.0. The molecular weight excluding hydrogens is 492 g/mol. The number of fused-ring (bicyclic) bond motifs is 1. The van der Waals surface area contributed by atoms with Gasteiger partial charge in [-0.3, -0.25) is 14.5 Å². The predicted molar refractivity (Wildman–Crippen MR) is 153 cm³/mol. The van der Waals surface area contributed by atoms with Crippen molar-refractivity contribution in [1.29, 1.82) is 0 Å². The van der Waals surface area contributed by atoms with Crippen molar-refractivity contribution in [2.24, 2.45) is 0 Å². The molecule has 2 fully saturated rings. The fraction of sp³-hybridized carbons (Fsp3) is 0.438. The lowest BCUT2D eigenvalue weighted by molar-refractivity contribution is -0.189. The molecule has 2 aromatic rings. The van der Waals surface area contributed by atoms with Crippen LogP contribution in [0.25, 0.3) is 6.08 Å². The molecule has 2 aromatic carbocycles. The van der Waals surface area contributed by atoms with Crippen LogP contribution in [-0.2, 0) is 19.7 Å². The first-order chi connectivity index (χ1) is 18.8. The van der Waals surface area contributed by atoms with Gasteiger partial charge in [0.15, 0.2) is 0 Å². The average Bonchev–Trinajstić information content (AvgIpc) is 2.95. The first kappa shape index (κ1) is 28.4. The van der Waals surface area contributed by atoms with Crippen LogP contribution in [0.5, 0.6) is 11.5 Å².